The molecule has 1 aromatic heterocycles. The Labute approximate surface area is 186 Å². The Kier molecular flexibility index (Phi) is 6.38. The summed E-state index contributed by atoms with van der Waals surface area (Å²) in [6.07, 6.45) is 0. The van der Waals surface area contributed by atoms with Gasteiger partial charge in [0.25, 0.3) is 11.1 Å². The second-order valence-electron chi connectivity index (χ2n) is 6.71. The van der Waals surface area contributed by atoms with Crippen molar-refractivity contribution < 1.29 is 18.9 Å². The summed E-state index contributed by atoms with van der Waals surface area (Å²) in [5.41, 5.74) is 1.97. The zero-order chi connectivity index (χ0) is 21.8. The SMILES string of the molecule is Cc1noc(CSc2ccccc2C(=O)Nc2ccc(CN3C(=O)CSC3=O)cc2)n1. The lowest BCUT2D eigenvalue weighted by Crippen LogP contribution is -2.27. The first-order valence-corrected chi connectivity index (χ1v) is 11.3. The first-order chi connectivity index (χ1) is 15.0. The molecule has 2 aromatic carbocycles. The van der Waals surface area contributed by atoms with Crippen molar-refractivity contribution in [3.8, 4) is 0 Å². The number of carbonyl (C=O) groups is 3. The summed E-state index contributed by atoms with van der Waals surface area (Å²) in [5, 5.41) is 6.42. The maximum atomic E-state index is 12.8. The quantitative estimate of drug-likeness (QED) is 0.532. The van der Waals surface area contributed by atoms with Gasteiger partial charge in [-0.3, -0.25) is 19.3 Å². The molecule has 4 rings (SSSR count). The van der Waals surface area contributed by atoms with Crippen molar-refractivity contribution in [1.29, 1.82) is 0 Å². The fourth-order valence-electron chi connectivity index (χ4n) is 2.93. The summed E-state index contributed by atoms with van der Waals surface area (Å²) in [7, 11) is 0. The zero-order valence-corrected chi connectivity index (χ0v) is 18.2. The highest BCUT2D eigenvalue weighted by Crippen LogP contribution is 2.27. The minimum absolute atomic E-state index is 0.183. The minimum Gasteiger partial charge on any atom is -0.338 e. The highest BCUT2D eigenvalue weighted by atomic mass is 32.2. The maximum Gasteiger partial charge on any atom is 0.289 e. The average Bonchev–Trinajstić information content (AvgIpc) is 3.33. The molecule has 2 heterocycles. The highest BCUT2D eigenvalue weighted by Gasteiger charge is 2.29. The third kappa shape index (κ3) is 5.15. The number of benzene rings is 2. The Bertz CT molecular complexity index is 1110. The number of amides is 3. The standard InChI is InChI=1S/C21H18N4O4S2/c1-13-22-18(29-24-13)11-30-17-5-3-2-4-16(17)20(27)23-15-8-6-14(7-9-15)10-25-19(26)12-31-21(25)28/h2-9H,10-12H2,1H3,(H,23,27). The third-order valence-corrected chi connectivity index (χ3v) is 6.36. The molecule has 0 unspecified atom stereocenters. The molecule has 3 aromatic rings. The molecule has 0 spiro atoms. The Morgan fingerprint density at radius 1 is 1.19 bits per heavy atom. The number of aryl methyl sites for hydroxylation is 1. The molecule has 8 nitrogen and oxygen atoms in total. The predicted molar refractivity (Wildman–Crippen MR) is 118 cm³/mol. The maximum absolute atomic E-state index is 12.8. The molecular formula is C21H18N4O4S2. The van der Waals surface area contributed by atoms with Gasteiger partial charge in [-0.2, -0.15) is 4.98 Å². The molecule has 0 saturated carbocycles. The molecule has 3 amide bonds. The van der Waals surface area contributed by atoms with Crippen LogP contribution in [-0.4, -0.2) is 37.8 Å². The molecule has 31 heavy (non-hydrogen) atoms. The highest BCUT2D eigenvalue weighted by molar-refractivity contribution is 8.14. The topological polar surface area (TPSA) is 105 Å². The Morgan fingerprint density at radius 2 is 1.97 bits per heavy atom. The number of nitrogens with one attached hydrogen (secondary N) is 1. The molecule has 1 N–H and O–H groups in total. The molecule has 1 saturated heterocycles. The minimum atomic E-state index is -0.237. The molecule has 0 radical (unpaired) electrons. The molecule has 1 fully saturated rings. The number of hydrogen-bond acceptors (Lipinski definition) is 8. The van der Waals surface area contributed by atoms with Crippen LogP contribution in [0.2, 0.25) is 0 Å². The second-order valence-corrected chi connectivity index (χ2v) is 8.65. The molecule has 1 aliphatic rings. The third-order valence-electron chi connectivity index (χ3n) is 4.45. The second kappa shape index (κ2) is 9.36. The molecule has 1 aliphatic heterocycles. The van der Waals surface area contributed by atoms with Crippen LogP contribution in [0.3, 0.4) is 0 Å². The molecule has 0 bridgehead atoms. The summed E-state index contributed by atoms with van der Waals surface area (Å²) >= 11 is 2.46. The van der Waals surface area contributed by atoms with Gasteiger partial charge in [-0.15, -0.1) is 11.8 Å². The van der Waals surface area contributed by atoms with E-state index in [4.69, 9.17) is 4.52 Å². The first kappa shape index (κ1) is 21.1. The van der Waals surface area contributed by atoms with Crippen molar-refractivity contribution in [2.45, 2.75) is 24.1 Å². The number of aromatic nitrogens is 2. The summed E-state index contributed by atoms with van der Waals surface area (Å²) in [4.78, 5) is 42.5. The van der Waals surface area contributed by atoms with Gasteiger partial charge in [0.05, 0.1) is 23.6 Å². The Morgan fingerprint density at radius 3 is 2.65 bits per heavy atom. The summed E-state index contributed by atoms with van der Waals surface area (Å²) < 4.78 is 5.12. The van der Waals surface area contributed by atoms with Crippen molar-refractivity contribution in [2.75, 3.05) is 11.1 Å². The van der Waals surface area contributed by atoms with Gasteiger partial charge in [0, 0.05) is 10.6 Å². The Hall–Kier alpha value is -3.11. The van der Waals surface area contributed by atoms with E-state index in [0.29, 0.717) is 28.7 Å². The lowest BCUT2D eigenvalue weighted by atomic mass is 10.1. The normalized spacial score (nSPS) is 13.6. The van der Waals surface area contributed by atoms with E-state index in [0.717, 1.165) is 22.2 Å². The lowest BCUT2D eigenvalue weighted by Gasteiger charge is -2.13. The molecule has 0 aliphatic carbocycles. The molecular weight excluding hydrogens is 436 g/mol. The van der Waals surface area contributed by atoms with Crippen molar-refractivity contribution in [3.05, 3.63) is 71.4 Å². The van der Waals surface area contributed by atoms with Crippen LogP contribution in [0.15, 0.2) is 57.9 Å². The van der Waals surface area contributed by atoms with Crippen LogP contribution in [0, 0.1) is 6.92 Å². The number of imide groups is 1. The largest absolute Gasteiger partial charge is 0.338 e. The van der Waals surface area contributed by atoms with Gasteiger partial charge >= 0.3 is 0 Å². The van der Waals surface area contributed by atoms with Crippen LogP contribution in [0.25, 0.3) is 0 Å². The van der Waals surface area contributed by atoms with E-state index < -0.39 is 0 Å². The number of nitrogens with zero attached hydrogens (tertiary/aromatic N) is 3. The van der Waals surface area contributed by atoms with Crippen molar-refractivity contribution >= 4 is 46.3 Å². The van der Waals surface area contributed by atoms with E-state index in [1.54, 1.807) is 43.3 Å². The van der Waals surface area contributed by atoms with Crippen LogP contribution >= 0.6 is 23.5 Å². The van der Waals surface area contributed by atoms with Gasteiger partial charge in [-0.05, 0) is 36.8 Å². The Balaban J connectivity index is 1.40. The number of thioether (sulfide) groups is 2. The molecule has 158 valence electrons. The van der Waals surface area contributed by atoms with Gasteiger partial charge in [0.15, 0.2) is 5.82 Å². The molecule has 0 atom stereocenters. The predicted octanol–water partition coefficient (Wildman–Crippen LogP) is 4.12. The zero-order valence-electron chi connectivity index (χ0n) is 16.5. The van der Waals surface area contributed by atoms with E-state index in [2.05, 4.69) is 15.5 Å². The number of rotatable bonds is 7. The first-order valence-electron chi connectivity index (χ1n) is 9.38. The van der Waals surface area contributed by atoms with Crippen LogP contribution in [0.4, 0.5) is 10.5 Å². The van der Waals surface area contributed by atoms with Crippen molar-refractivity contribution in [1.82, 2.24) is 15.0 Å². The summed E-state index contributed by atoms with van der Waals surface area (Å²) in [6.45, 7) is 1.98. The number of hydrogen-bond donors (Lipinski definition) is 1. The van der Waals surface area contributed by atoms with Crippen LogP contribution in [0.5, 0.6) is 0 Å². The van der Waals surface area contributed by atoms with Gasteiger partial charge in [-0.25, -0.2) is 0 Å². The molecule has 10 heteroatoms. The fraction of sp³-hybridized carbons (Fsp3) is 0.190. The summed E-state index contributed by atoms with van der Waals surface area (Å²) in [5.74, 6) is 1.31. The summed E-state index contributed by atoms with van der Waals surface area (Å²) in [6, 6.07) is 14.4. The smallest absolute Gasteiger partial charge is 0.289 e. The van der Waals surface area contributed by atoms with E-state index in [1.165, 1.54) is 16.7 Å². The van der Waals surface area contributed by atoms with Gasteiger partial charge in [0.2, 0.25) is 11.8 Å². The number of anilines is 1. The fourth-order valence-corrected chi connectivity index (χ4v) is 4.54. The van der Waals surface area contributed by atoms with Crippen LogP contribution < -0.4 is 5.32 Å². The van der Waals surface area contributed by atoms with E-state index >= 15 is 0 Å². The lowest BCUT2D eigenvalue weighted by molar-refractivity contribution is -0.125. The monoisotopic (exact) mass is 454 g/mol. The van der Waals surface area contributed by atoms with Crippen molar-refractivity contribution in [2.24, 2.45) is 0 Å². The number of carbonyl (C=O) groups excluding carboxylic acids is 3. The van der Waals surface area contributed by atoms with Gasteiger partial charge in [0.1, 0.15) is 0 Å². The average molecular weight is 455 g/mol. The van der Waals surface area contributed by atoms with Crippen LogP contribution in [0.1, 0.15) is 27.6 Å². The van der Waals surface area contributed by atoms with E-state index in [9.17, 15) is 14.4 Å². The van der Waals surface area contributed by atoms with Gasteiger partial charge < -0.3 is 9.84 Å². The van der Waals surface area contributed by atoms with Crippen molar-refractivity contribution in [3.63, 3.8) is 0 Å². The van der Waals surface area contributed by atoms with E-state index in [1.807, 2.05) is 12.1 Å². The van der Waals surface area contributed by atoms with Crippen LogP contribution in [-0.2, 0) is 17.1 Å². The van der Waals surface area contributed by atoms with E-state index in [-0.39, 0.29) is 29.4 Å². The van der Waals surface area contributed by atoms with Gasteiger partial charge in [-0.1, -0.05) is 41.2 Å².